The van der Waals surface area contributed by atoms with E-state index in [4.69, 9.17) is 66.3 Å². The molecule has 45 atom stereocenters. The van der Waals surface area contributed by atoms with Gasteiger partial charge in [-0.3, -0.25) is 0 Å². The van der Waals surface area contributed by atoms with Gasteiger partial charge in [0.05, 0.1) is 63.6 Å². The van der Waals surface area contributed by atoms with E-state index < -0.39 is 264 Å². The summed E-state index contributed by atoms with van der Waals surface area (Å²) >= 11 is 0. The van der Waals surface area contributed by atoms with Crippen LogP contribution in [-0.4, -0.2) is 367 Å². The number of ether oxygens (including phenoxy) is 14. The van der Waals surface area contributed by atoms with E-state index in [0.29, 0.717) is 44.9 Å². The van der Waals surface area contributed by atoms with Gasteiger partial charge in [-0.2, -0.15) is 0 Å². The highest BCUT2D eigenvalue weighted by Gasteiger charge is 2.73. The third-order valence-electron chi connectivity index (χ3n) is 27.5. The van der Waals surface area contributed by atoms with Crippen molar-refractivity contribution < 1.29 is 174 Å². The van der Waals surface area contributed by atoms with E-state index in [1.54, 1.807) is 0 Å². The highest BCUT2D eigenvalue weighted by Crippen LogP contribution is 2.77. The molecule has 5 aliphatic carbocycles. The van der Waals surface area contributed by atoms with Crippen molar-refractivity contribution in [2.24, 2.45) is 51.2 Å². The lowest BCUT2D eigenvalue weighted by atomic mass is 9.32. The fourth-order valence-corrected chi connectivity index (χ4v) is 21.2. The van der Waals surface area contributed by atoms with Gasteiger partial charge in [-0.25, -0.2) is 0 Å². The van der Waals surface area contributed by atoms with E-state index >= 15 is 0 Å². The number of hydrogen-bond acceptors (Lipinski definition) is 35. The smallest absolute Gasteiger partial charge is 0.187 e. The van der Waals surface area contributed by atoms with Crippen molar-refractivity contribution in [3.63, 3.8) is 0 Å². The lowest BCUT2D eigenvalue weighted by Crippen LogP contribution is -2.69. The lowest BCUT2D eigenvalue weighted by Gasteiger charge is -2.73. The van der Waals surface area contributed by atoms with Crippen molar-refractivity contribution >= 4 is 0 Å². The quantitative estimate of drug-likeness (QED) is 0.0398. The normalized spacial score (nSPS) is 56.8. The number of rotatable bonds is 20. The van der Waals surface area contributed by atoms with Crippen LogP contribution >= 0.6 is 0 Å². The molecule has 7 heterocycles. The van der Waals surface area contributed by atoms with Crippen LogP contribution in [0.4, 0.5) is 0 Å². The predicted molar refractivity (Wildman–Crippen MR) is 349 cm³/mol. The molecule has 21 N–H and O–H groups in total. The van der Waals surface area contributed by atoms with Gasteiger partial charge in [-0.05, 0) is 131 Å². The minimum Gasteiger partial charge on any atom is -0.396 e. The van der Waals surface area contributed by atoms with Crippen LogP contribution in [0.5, 0.6) is 0 Å². The minimum absolute atomic E-state index is 0.0235. The third-order valence-corrected chi connectivity index (χ3v) is 27.5. The first-order valence-corrected chi connectivity index (χ1v) is 37.3. The SMILES string of the molecule is C=C(C)[C@@H]1CC[C@]2(O[C@@H]3O[C@H](CO[C@H]4O[C@H](CO)[C@@H](O[C@@H]5O[C@H](C)[C@@H](O)[C@@H](O)[C@H]5O)[C@@H](O)[C@@H]4O)[C@@H](O)[C@H](O)[C@@H]3O)CC[C@]3(C)[C@H](CC[C@@H]4[C@@]5(C)CC[C@H](O[C@@H]6OC[C@@H](O[C@@H]7O[C@H](CO)[C@H](O[C@@H]8O[C@H](CO)[C@H](O)[C@H](O)[C@@H]8O)[C@H](O)[C@@H]7O)[C@H](O)[C@@H]6O[C@@H]6O[C@@H](C)[C@H](O)[C@@H](O)[C@H]6O)[C@@](C)(CO)[C@@H]5CC[C@]43C)[C@@H]12. The highest BCUT2D eigenvalue weighted by molar-refractivity contribution is 5.23. The first-order chi connectivity index (χ1) is 49.5. The summed E-state index contributed by atoms with van der Waals surface area (Å²) in [5.41, 5.74) is -1.97. The van der Waals surface area contributed by atoms with Crippen LogP contribution in [0.2, 0.25) is 0 Å². The standard InChI is InChI=1S/C70H116O35/c1-25(2)28-11-16-70(105-64-53(89)47(83)42(78)33(100-64)22-92-59-54(90)48(84)56(31(20-72)97-59)102-60-50(86)44(80)39(75)26(3)94-60)18-17-68(7)29(38(28)70)9-10-36-66(5)14-13-37(67(6,24-74)35(66)12-15-69(36,68)8)101-65-58(104-61-51(87)45(81)40(76)27(4)95-61)43(79)34(23-93-65)99-62-55(91)49(85)57(32(21-73)98-62)103-63-52(88)46(82)41(77)30(19-71)96-63/h26-65,71-91H,1,9-24H2,2-8H3/t26-,27+,28+,29-,30-,31-,32-,33-,34-,35-,36-,37+,38-,39-,40+,41+,42-,43+,44-,45-,46+,47+,48+,49-,50-,51-,52+,53+,54+,55+,56-,57+,58+,59+,60+,61+,62+,63+,64+,65+,66+,67+,68-,69-,70+/m1/s1. The van der Waals surface area contributed by atoms with E-state index in [1.165, 1.54) is 13.8 Å². The summed E-state index contributed by atoms with van der Waals surface area (Å²) in [6.45, 7) is 14.5. The average Bonchev–Trinajstić information content (AvgIpc) is 1.66. The first-order valence-electron chi connectivity index (χ1n) is 37.3. The molecule has 0 aromatic heterocycles. The second kappa shape index (κ2) is 32.0. The van der Waals surface area contributed by atoms with E-state index in [2.05, 4.69) is 27.4 Å². The number of fused-ring (bicyclic) bond motifs is 7. The first kappa shape index (κ1) is 82.8. The lowest BCUT2D eigenvalue weighted by molar-refractivity contribution is -0.389. The van der Waals surface area contributed by atoms with Gasteiger partial charge in [0.25, 0.3) is 0 Å². The molecule has 105 heavy (non-hydrogen) atoms. The third kappa shape index (κ3) is 14.4. The Morgan fingerprint density at radius 3 is 1.46 bits per heavy atom. The molecule has 606 valence electrons. The van der Waals surface area contributed by atoms with Gasteiger partial charge in [0.15, 0.2) is 44.0 Å². The number of hydrogen-bond donors (Lipinski definition) is 21. The summed E-state index contributed by atoms with van der Waals surface area (Å²) in [4.78, 5) is 0. The molecule has 0 unspecified atom stereocenters. The molecule has 12 rings (SSSR count). The Balaban J connectivity index is 0.728. The maximum Gasteiger partial charge on any atom is 0.187 e. The fourth-order valence-electron chi connectivity index (χ4n) is 21.2. The Morgan fingerprint density at radius 2 is 0.895 bits per heavy atom. The van der Waals surface area contributed by atoms with E-state index in [0.717, 1.165) is 24.8 Å². The van der Waals surface area contributed by atoms with Gasteiger partial charge >= 0.3 is 0 Å². The molecule has 35 heteroatoms. The molecule has 0 spiro atoms. The Bertz CT molecular complexity index is 2890. The van der Waals surface area contributed by atoms with Crippen LogP contribution in [0.3, 0.4) is 0 Å². The zero-order chi connectivity index (χ0) is 76.4. The molecule has 0 aromatic rings. The van der Waals surface area contributed by atoms with Crippen molar-refractivity contribution in [2.45, 2.75) is 333 Å². The second-order valence-corrected chi connectivity index (χ2v) is 33.2. The minimum atomic E-state index is -2.02. The highest BCUT2D eigenvalue weighted by atomic mass is 16.8. The van der Waals surface area contributed by atoms with Crippen molar-refractivity contribution in [1.82, 2.24) is 0 Å². The molecule has 0 amide bonds. The van der Waals surface area contributed by atoms with Crippen LogP contribution in [-0.2, 0) is 66.3 Å². The van der Waals surface area contributed by atoms with E-state index in [-0.39, 0.29) is 47.0 Å². The molecule has 12 aliphatic rings. The Kier molecular flexibility index (Phi) is 25.2. The molecule has 7 aliphatic heterocycles. The summed E-state index contributed by atoms with van der Waals surface area (Å²) in [5.74, 6) is -0.202. The van der Waals surface area contributed by atoms with Crippen LogP contribution in [0.25, 0.3) is 0 Å². The molecular weight excluding hydrogens is 1400 g/mol. The van der Waals surface area contributed by atoms with Crippen LogP contribution < -0.4 is 0 Å². The molecule has 7 saturated heterocycles. The number of allylic oxidation sites excluding steroid dienone is 1. The monoisotopic (exact) mass is 1520 g/mol. The van der Waals surface area contributed by atoms with Crippen LogP contribution in [0, 0.1) is 51.2 Å². The zero-order valence-electron chi connectivity index (χ0n) is 60.2. The van der Waals surface area contributed by atoms with Gasteiger partial charge in [0, 0.05) is 5.41 Å². The van der Waals surface area contributed by atoms with E-state index in [9.17, 15) is 107 Å². The topological polar surface area (TPSA) is 554 Å². The summed E-state index contributed by atoms with van der Waals surface area (Å²) in [6, 6.07) is 0. The molecule has 35 nitrogen and oxygen atoms in total. The molecule has 12 fully saturated rings. The predicted octanol–water partition coefficient (Wildman–Crippen LogP) is -6.81. The molecular formula is C70H116O35. The van der Waals surface area contributed by atoms with Gasteiger partial charge in [0.1, 0.15) is 153 Å². The molecule has 0 aromatic carbocycles. The van der Waals surface area contributed by atoms with Crippen molar-refractivity contribution in [1.29, 1.82) is 0 Å². The number of aliphatic hydroxyl groups excluding tert-OH is 21. The zero-order valence-corrected chi connectivity index (χ0v) is 60.2. The van der Waals surface area contributed by atoms with Crippen LogP contribution in [0.1, 0.15) is 113 Å². The summed E-state index contributed by atoms with van der Waals surface area (Å²) < 4.78 is 85.2. The summed E-state index contributed by atoms with van der Waals surface area (Å²) in [5, 5.41) is 231. The number of aliphatic hydroxyl groups is 21. The van der Waals surface area contributed by atoms with Gasteiger partial charge < -0.3 is 174 Å². The van der Waals surface area contributed by atoms with Crippen LogP contribution in [0.15, 0.2) is 12.2 Å². The maximum absolute atomic E-state index is 12.4. The van der Waals surface area contributed by atoms with Crippen molar-refractivity contribution in [2.75, 3.05) is 39.6 Å². The Labute approximate surface area is 607 Å². The van der Waals surface area contributed by atoms with Gasteiger partial charge in [-0.1, -0.05) is 39.8 Å². The molecule has 0 bridgehead atoms. The van der Waals surface area contributed by atoms with E-state index in [1.807, 2.05) is 13.8 Å². The van der Waals surface area contributed by atoms with Crippen molar-refractivity contribution in [3.05, 3.63) is 12.2 Å². The average molecular weight is 1520 g/mol. The Hall–Kier alpha value is -1.66. The molecule has 5 saturated carbocycles. The Morgan fingerprint density at radius 1 is 0.410 bits per heavy atom. The summed E-state index contributed by atoms with van der Waals surface area (Å²) in [6.07, 6.45) is -50.8. The maximum atomic E-state index is 12.4. The van der Waals surface area contributed by atoms with Crippen molar-refractivity contribution in [3.8, 4) is 0 Å². The van der Waals surface area contributed by atoms with Gasteiger partial charge in [-0.15, -0.1) is 0 Å². The summed E-state index contributed by atoms with van der Waals surface area (Å²) in [7, 11) is 0. The van der Waals surface area contributed by atoms with Gasteiger partial charge in [0.2, 0.25) is 0 Å². The fraction of sp³-hybridized carbons (Fsp3) is 0.971. The molecule has 0 radical (unpaired) electrons. The second-order valence-electron chi connectivity index (χ2n) is 33.2. The largest absolute Gasteiger partial charge is 0.396 e.